The molecule has 0 saturated carbocycles. The number of allylic oxidation sites excluding steroid dienone is 8. The van der Waals surface area contributed by atoms with Crippen LogP contribution in [0.2, 0.25) is 0 Å². The fourth-order valence-electron chi connectivity index (χ4n) is 8.85. The van der Waals surface area contributed by atoms with Crippen molar-refractivity contribution in [2.24, 2.45) is 0 Å². The lowest BCUT2D eigenvalue weighted by Gasteiger charge is -2.18. The molecule has 0 unspecified atom stereocenters. The molecule has 0 fully saturated rings. The number of hydrogen-bond acceptors (Lipinski definition) is 6. The Kier molecular flexibility index (Phi) is 55.7. The van der Waals surface area contributed by atoms with Crippen molar-refractivity contribution in [2.75, 3.05) is 13.2 Å². The van der Waals surface area contributed by atoms with Gasteiger partial charge in [-0.25, -0.2) is 0 Å². The maximum absolute atomic E-state index is 12.9. The summed E-state index contributed by atoms with van der Waals surface area (Å²) >= 11 is 0. The first-order chi connectivity index (χ1) is 34.0. The Bertz CT molecular complexity index is 1200. The molecule has 0 spiro atoms. The molecule has 6 nitrogen and oxygen atoms in total. The average Bonchev–Trinajstić information content (AvgIpc) is 3.35. The Hall–Kier alpha value is -2.63. The molecular formula is C63H114O6. The van der Waals surface area contributed by atoms with Gasteiger partial charge in [0.25, 0.3) is 0 Å². The highest BCUT2D eigenvalue weighted by Crippen LogP contribution is 2.17. The van der Waals surface area contributed by atoms with Gasteiger partial charge in [0.15, 0.2) is 6.10 Å². The standard InChI is InChI=1S/C63H114O6/c1-4-7-10-13-16-19-22-25-28-30-31-33-35-38-41-44-47-50-53-56-62(65)68-59-60(58-67-61(64)55-52-49-46-43-40-37-34-27-24-21-18-15-12-9-6-3)69-63(66)57-54-51-48-45-42-39-36-32-29-26-23-20-17-14-11-8-5-2/h8,11,17,20,26,29,36,39,60H,4-7,9-10,12-16,18-19,21-25,27-28,30-35,37-38,40-59H2,1-3H3/b11-8-,20-17-,29-26-,39-36-/t60-/m0/s1. The SMILES string of the molecule is CC/C=C\C/C=C\C/C=C\C/C=C\CCCCCCC(=O)O[C@@H](COC(=O)CCCCCCCCCCCCCCCCC)COC(=O)CCCCCCCCCCCCCCCCCCCCC. The van der Waals surface area contributed by atoms with E-state index in [0.29, 0.717) is 19.3 Å². The first-order valence-corrected chi connectivity index (χ1v) is 30.1. The molecule has 0 amide bonds. The third kappa shape index (κ3) is 56.2. The summed E-state index contributed by atoms with van der Waals surface area (Å²) in [5.74, 6) is -0.882. The van der Waals surface area contributed by atoms with Crippen LogP contribution < -0.4 is 0 Å². The van der Waals surface area contributed by atoms with Gasteiger partial charge in [0.05, 0.1) is 0 Å². The summed E-state index contributed by atoms with van der Waals surface area (Å²) in [6, 6.07) is 0. The molecule has 0 aromatic rings. The van der Waals surface area contributed by atoms with Crippen molar-refractivity contribution in [3.8, 4) is 0 Å². The number of unbranched alkanes of at least 4 members (excludes halogenated alkanes) is 36. The third-order valence-corrected chi connectivity index (χ3v) is 13.3. The normalized spacial score (nSPS) is 12.3. The molecule has 0 aromatic carbocycles. The fourth-order valence-corrected chi connectivity index (χ4v) is 8.85. The van der Waals surface area contributed by atoms with Crippen LogP contribution in [-0.2, 0) is 28.6 Å². The number of esters is 3. The highest BCUT2D eigenvalue weighted by molar-refractivity contribution is 5.71. The van der Waals surface area contributed by atoms with E-state index in [2.05, 4.69) is 69.4 Å². The number of carbonyl (C=O) groups excluding carboxylic acids is 3. The van der Waals surface area contributed by atoms with Crippen molar-refractivity contribution in [1.29, 1.82) is 0 Å². The van der Waals surface area contributed by atoms with Gasteiger partial charge in [-0.2, -0.15) is 0 Å². The highest BCUT2D eigenvalue weighted by Gasteiger charge is 2.19. The number of rotatable bonds is 55. The zero-order valence-electron chi connectivity index (χ0n) is 46.1. The molecule has 1 atom stereocenters. The van der Waals surface area contributed by atoms with Crippen LogP contribution >= 0.6 is 0 Å². The van der Waals surface area contributed by atoms with Crippen LogP contribution in [0, 0.1) is 0 Å². The summed E-state index contributed by atoms with van der Waals surface area (Å²) in [4.78, 5) is 38.2. The fraction of sp³-hybridized carbons (Fsp3) is 0.825. The minimum Gasteiger partial charge on any atom is -0.462 e. The second kappa shape index (κ2) is 57.9. The Balaban J connectivity index is 4.36. The predicted molar refractivity (Wildman–Crippen MR) is 298 cm³/mol. The summed E-state index contributed by atoms with van der Waals surface area (Å²) in [7, 11) is 0. The summed E-state index contributed by atoms with van der Waals surface area (Å²) in [5.41, 5.74) is 0. The molecule has 0 aliphatic rings. The first-order valence-electron chi connectivity index (χ1n) is 30.1. The molecule has 0 bridgehead atoms. The Morgan fingerprint density at radius 3 is 0.884 bits per heavy atom. The largest absolute Gasteiger partial charge is 0.462 e. The van der Waals surface area contributed by atoms with Gasteiger partial charge in [-0.05, 0) is 57.8 Å². The lowest BCUT2D eigenvalue weighted by atomic mass is 10.0. The molecule has 0 aromatic heterocycles. The van der Waals surface area contributed by atoms with Crippen LogP contribution in [0.25, 0.3) is 0 Å². The summed E-state index contributed by atoms with van der Waals surface area (Å²) in [5, 5.41) is 0. The summed E-state index contributed by atoms with van der Waals surface area (Å²) in [6.45, 7) is 6.56. The molecule has 69 heavy (non-hydrogen) atoms. The molecule has 0 saturated heterocycles. The van der Waals surface area contributed by atoms with Crippen molar-refractivity contribution >= 4 is 17.9 Å². The van der Waals surface area contributed by atoms with E-state index in [1.807, 2.05) is 0 Å². The predicted octanol–water partition coefficient (Wildman–Crippen LogP) is 20.2. The maximum Gasteiger partial charge on any atom is 0.306 e. The van der Waals surface area contributed by atoms with Gasteiger partial charge in [0.2, 0.25) is 0 Å². The second-order valence-electron chi connectivity index (χ2n) is 20.2. The van der Waals surface area contributed by atoms with Crippen molar-refractivity contribution in [3.63, 3.8) is 0 Å². The quantitative estimate of drug-likeness (QED) is 0.0262. The Morgan fingerprint density at radius 1 is 0.304 bits per heavy atom. The van der Waals surface area contributed by atoms with E-state index in [4.69, 9.17) is 14.2 Å². The zero-order valence-corrected chi connectivity index (χ0v) is 46.1. The molecule has 6 heteroatoms. The molecule has 0 N–H and O–H groups in total. The van der Waals surface area contributed by atoms with Gasteiger partial charge in [0.1, 0.15) is 13.2 Å². The van der Waals surface area contributed by atoms with Crippen LogP contribution in [0.4, 0.5) is 0 Å². The van der Waals surface area contributed by atoms with Gasteiger partial charge in [-0.1, -0.05) is 288 Å². The van der Waals surface area contributed by atoms with Crippen LogP contribution in [0.5, 0.6) is 0 Å². The molecule has 0 aliphatic heterocycles. The smallest absolute Gasteiger partial charge is 0.306 e. The van der Waals surface area contributed by atoms with E-state index in [-0.39, 0.29) is 31.1 Å². The molecule has 0 aliphatic carbocycles. The lowest BCUT2D eigenvalue weighted by molar-refractivity contribution is -0.167. The molecule has 0 radical (unpaired) electrons. The van der Waals surface area contributed by atoms with Gasteiger partial charge in [-0.3, -0.25) is 14.4 Å². The highest BCUT2D eigenvalue weighted by atomic mass is 16.6. The van der Waals surface area contributed by atoms with Crippen LogP contribution in [0.1, 0.15) is 316 Å². The van der Waals surface area contributed by atoms with Gasteiger partial charge in [0, 0.05) is 19.3 Å². The van der Waals surface area contributed by atoms with E-state index in [0.717, 1.165) is 96.3 Å². The minimum atomic E-state index is -0.783. The molecule has 0 rings (SSSR count). The van der Waals surface area contributed by atoms with Gasteiger partial charge < -0.3 is 14.2 Å². The first kappa shape index (κ1) is 66.4. The lowest BCUT2D eigenvalue weighted by Crippen LogP contribution is -2.30. The third-order valence-electron chi connectivity index (χ3n) is 13.3. The molecular weight excluding hydrogens is 853 g/mol. The number of hydrogen-bond donors (Lipinski definition) is 0. The van der Waals surface area contributed by atoms with Crippen molar-refractivity contribution < 1.29 is 28.6 Å². The molecule has 0 heterocycles. The summed E-state index contributed by atoms with van der Waals surface area (Å²) < 4.78 is 16.9. The number of carbonyl (C=O) groups is 3. The monoisotopic (exact) mass is 967 g/mol. The van der Waals surface area contributed by atoms with Crippen molar-refractivity contribution in [3.05, 3.63) is 48.6 Å². The van der Waals surface area contributed by atoms with Crippen LogP contribution in [0.3, 0.4) is 0 Å². The van der Waals surface area contributed by atoms with E-state index >= 15 is 0 Å². The van der Waals surface area contributed by atoms with E-state index in [1.165, 1.54) is 180 Å². The van der Waals surface area contributed by atoms with Gasteiger partial charge >= 0.3 is 17.9 Å². The van der Waals surface area contributed by atoms with Crippen molar-refractivity contribution in [1.82, 2.24) is 0 Å². The molecule has 402 valence electrons. The Labute approximate surface area is 428 Å². The maximum atomic E-state index is 12.9. The number of ether oxygens (including phenoxy) is 3. The average molecular weight is 968 g/mol. The van der Waals surface area contributed by atoms with E-state index in [9.17, 15) is 14.4 Å². The second-order valence-corrected chi connectivity index (χ2v) is 20.2. The van der Waals surface area contributed by atoms with E-state index in [1.54, 1.807) is 0 Å². The topological polar surface area (TPSA) is 78.9 Å². The van der Waals surface area contributed by atoms with Crippen LogP contribution in [0.15, 0.2) is 48.6 Å². The van der Waals surface area contributed by atoms with Gasteiger partial charge in [-0.15, -0.1) is 0 Å². The van der Waals surface area contributed by atoms with Crippen LogP contribution in [-0.4, -0.2) is 37.2 Å². The zero-order chi connectivity index (χ0) is 50.0. The van der Waals surface area contributed by atoms with E-state index < -0.39 is 6.10 Å². The minimum absolute atomic E-state index is 0.0786. The Morgan fingerprint density at radius 2 is 0.565 bits per heavy atom. The summed E-state index contributed by atoms with van der Waals surface area (Å²) in [6.07, 6.45) is 71.0. The van der Waals surface area contributed by atoms with Crippen molar-refractivity contribution in [2.45, 2.75) is 322 Å².